The Bertz CT molecular complexity index is 564. The van der Waals surface area contributed by atoms with Gasteiger partial charge in [0.15, 0.2) is 0 Å². The third kappa shape index (κ3) is 5.83. The first kappa shape index (κ1) is 17.1. The summed E-state index contributed by atoms with van der Waals surface area (Å²) < 4.78 is 18.4. The van der Waals surface area contributed by atoms with E-state index in [1.54, 1.807) is 18.2 Å². The van der Waals surface area contributed by atoms with Gasteiger partial charge in [0.25, 0.3) is 0 Å². The quantitative estimate of drug-likeness (QED) is 0.783. The minimum atomic E-state index is -0.947. The van der Waals surface area contributed by atoms with Crippen molar-refractivity contribution >= 4 is 18.0 Å². The lowest BCUT2D eigenvalue weighted by molar-refractivity contribution is -0.138. The molecule has 1 fully saturated rings. The van der Waals surface area contributed by atoms with E-state index >= 15 is 0 Å². The number of amides is 1. The molecule has 0 spiro atoms. The number of benzene rings is 1. The number of carboxylic acids is 1. The average molecular weight is 321 g/mol. The second kappa shape index (κ2) is 8.43. The maximum atomic E-state index is 12.8. The largest absolute Gasteiger partial charge is 0.481 e. The summed E-state index contributed by atoms with van der Waals surface area (Å²) in [5.74, 6) is -1.56. The number of carboxylic acid groups (broad SMARTS) is 1. The minimum absolute atomic E-state index is 0.0352. The van der Waals surface area contributed by atoms with E-state index in [-0.39, 0.29) is 30.8 Å². The van der Waals surface area contributed by atoms with Gasteiger partial charge in [0, 0.05) is 25.8 Å². The molecule has 0 radical (unpaired) electrons. The molecule has 1 saturated heterocycles. The van der Waals surface area contributed by atoms with Crippen molar-refractivity contribution in [2.75, 3.05) is 19.7 Å². The standard InChI is InChI=1S/C17H20FNO4/c18-14-6-3-13(4-7-14)5-8-16(20)19(10-9-17(21)22)12-15-2-1-11-23-15/h3-8,15H,1-2,9-12H2,(H,21,22)/b8-5+. The Hall–Kier alpha value is -2.21. The predicted octanol–water partition coefficient (Wildman–Crippen LogP) is 2.32. The summed E-state index contributed by atoms with van der Waals surface area (Å²) >= 11 is 0. The van der Waals surface area contributed by atoms with Crippen molar-refractivity contribution in [1.82, 2.24) is 4.90 Å². The zero-order valence-corrected chi connectivity index (χ0v) is 12.8. The zero-order valence-electron chi connectivity index (χ0n) is 12.8. The Morgan fingerprint density at radius 3 is 2.70 bits per heavy atom. The third-order valence-corrected chi connectivity index (χ3v) is 3.64. The van der Waals surface area contributed by atoms with Crippen LogP contribution in [0.2, 0.25) is 0 Å². The van der Waals surface area contributed by atoms with Gasteiger partial charge in [-0.05, 0) is 36.6 Å². The summed E-state index contributed by atoms with van der Waals surface area (Å²) in [7, 11) is 0. The summed E-state index contributed by atoms with van der Waals surface area (Å²) in [4.78, 5) is 24.5. The highest BCUT2D eigenvalue weighted by Gasteiger charge is 2.21. The van der Waals surface area contributed by atoms with Crippen LogP contribution in [0.4, 0.5) is 4.39 Å². The fourth-order valence-electron chi connectivity index (χ4n) is 2.40. The van der Waals surface area contributed by atoms with E-state index in [1.165, 1.54) is 23.1 Å². The van der Waals surface area contributed by atoms with Crippen LogP contribution in [0, 0.1) is 5.82 Å². The zero-order chi connectivity index (χ0) is 16.7. The number of carbonyl (C=O) groups is 2. The smallest absolute Gasteiger partial charge is 0.305 e. The van der Waals surface area contributed by atoms with Crippen molar-refractivity contribution in [2.45, 2.75) is 25.4 Å². The molecular weight excluding hydrogens is 301 g/mol. The first-order valence-electron chi connectivity index (χ1n) is 7.60. The summed E-state index contributed by atoms with van der Waals surface area (Å²) in [6.07, 6.45) is 4.65. The molecule has 0 aliphatic carbocycles. The van der Waals surface area contributed by atoms with Crippen molar-refractivity contribution in [3.05, 3.63) is 41.7 Å². The van der Waals surface area contributed by atoms with Gasteiger partial charge in [-0.3, -0.25) is 9.59 Å². The molecule has 1 heterocycles. The molecule has 1 aromatic rings. The van der Waals surface area contributed by atoms with Gasteiger partial charge in [-0.25, -0.2) is 4.39 Å². The van der Waals surface area contributed by atoms with Crippen LogP contribution in [-0.2, 0) is 14.3 Å². The molecule has 1 aliphatic rings. The number of rotatable bonds is 7. The second-order valence-electron chi connectivity index (χ2n) is 5.45. The molecule has 1 aromatic carbocycles. The third-order valence-electron chi connectivity index (χ3n) is 3.64. The van der Waals surface area contributed by atoms with E-state index in [4.69, 9.17) is 9.84 Å². The first-order valence-corrected chi connectivity index (χ1v) is 7.60. The van der Waals surface area contributed by atoms with Crippen molar-refractivity contribution in [3.8, 4) is 0 Å². The highest BCUT2D eigenvalue weighted by molar-refractivity contribution is 5.92. The van der Waals surface area contributed by atoms with Crippen molar-refractivity contribution in [2.24, 2.45) is 0 Å². The van der Waals surface area contributed by atoms with Crippen molar-refractivity contribution in [3.63, 3.8) is 0 Å². The molecule has 1 unspecified atom stereocenters. The summed E-state index contributed by atoms with van der Waals surface area (Å²) in [6, 6.07) is 5.78. The highest BCUT2D eigenvalue weighted by atomic mass is 19.1. The molecule has 5 nitrogen and oxygen atoms in total. The van der Waals surface area contributed by atoms with E-state index in [1.807, 2.05) is 0 Å². The molecule has 1 atom stereocenters. The van der Waals surface area contributed by atoms with Gasteiger partial charge in [-0.2, -0.15) is 0 Å². The van der Waals surface area contributed by atoms with Crippen LogP contribution < -0.4 is 0 Å². The molecular formula is C17H20FNO4. The SMILES string of the molecule is O=C(O)CCN(CC1CCCO1)C(=O)/C=C/c1ccc(F)cc1. The molecule has 0 saturated carbocycles. The van der Waals surface area contributed by atoms with E-state index in [9.17, 15) is 14.0 Å². The average Bonchev–Trinajstić information content (AvgIpc) is 3.03. The summed E-state index contributed by atoms with van der Waals surface area (Å²) in [6.45, 7) is 1.21. The molecule has 124 valence electrons. The number of hydrogen-bond acceptors (Lipinski definition) is 3. The lowest BCUT2D eigenvalue weighted by Gasteiger charge is -2.23. The normalized spacial score (nSPS) is 17.5. The van der Waals surface area contributed by atoms with Crippen LogP contribution in [0.15, 0.2) is 30.3 Å². The number of halogens is 1. The van der Waals surface area contributed by atoms with Crippen LogP contribution >= 0.6 is 0 Å². The lowest BCUT2D eigenvalue weighted by Crippen LogP contribution is -2.37. The molecule has 6 heteroatoms. The minimum Gasteiger partial charge on any atom is -0.481 e. The van der Waals surface area contributed by atoms with Gasteiger partial charge in [-0.1, -0.05) is 12.1 Å². The molecule has 23 heavy (non-hydrogen) atoms. The monoisotopic (exact) mass is 321 g/mol. The Morgan fingerprint density at radius 2 is 2.09 bits per heavy atom. The van der Waals surface area contributed by atoms with Gasteiger partial charge < -0.3 is 14.7 Å². The van der Waals surface area contributed by atoms with E-state index in [0.29, 0.717) is 18.7 Å². The van der Waals surface area contributed by atoms with Crippen LogP contribution in [0.1, 0.15) is 24.8 Å². The molecule has 1 amide bonds. The maximum absolute atomic E-state index is 12.8. The molecule has 1 N–H and O–H groups in total. The number of aliphatic carboxylic acids is 1. The van der Waals surface area contributed by atoms with Gasteiger partial charge in [-0.15, -0.1) is 0 Å². The van der Waals surface area contributed by atoms with Crippen LogP contribution in [-0.4, -0.2) is 47.7 Å². The van der Waals surface area contributed by atoms with E-state index < -0.39 is 5.97 Å². The Kier molecular flexibility index (Phi) is 6.29. The van der Waals surface area contributed by atoms with Crippen LogP contribution in [0.25, 0.3) is 6.08 Å². The van der Waals surface area contributed by atoms with Gasteiger partial charge in [0.2, 0.25) is 5.91 Å². The fraction of sp³-hybridized carbons (Fsp3) is 0.412. The molecule has 0 aromatic heterocycles. The fourth-order valence-corrected chi connectivity index (χ4v) is 2.40. The Morgan fingerprint density at radius 1 is 1.35 bits per heavy atom. The van der Waals surface area contributed by atoms with Crippen molar-refractivity contribution < 1.29 is 23.8 Å². The number of hydrogen-bond donors (Lipinski definition) is 1. The van der Waals surface area contributed by atoms with E-state index in [2.05, 4.69) is 0 Å². The predicted molar refractivity (Wildman–Crippen MR) is 83.2 cm³/mol. The van der Waals surface area contributed by atoms with Gasteiger partial charge in [0.1, 0.15) is 5.82 Å². The van der Waals surface area contributed by atoms with E-state index in [0.717, 1.165) is 12.8 Å². The number of ether oxygens (including phenoxy) is 1. The highest BCUT2D eigenvalue weighted by Crippen LogP contribution is 2.14. The lowest BCUT2D eigenvalue weighted by atomic mass is 10.2. The number of carbonyl (C=O) groups excluding carboxylic acids is 1. The molecule has 1 aliphatic heterocycles. The maximum Gasteiger partial charge on any atom is 0.305 e. The summed E-state index contributed by atoms with van der Waals surface area (Å²) in [5, 5.41) is 8.82. The number of nitrogens with zero attached hydrogens (tertiary/aromatic N) is 1. The second-order valence-corrected chi connectivity index (χ2v) is 5.45. The van der Waals surface area contributed by atoms with Crippen LogP contribution in [0.3, 0.4) is 0 Å². The topological polar surface area (TPSA) is 66.8 Å². The summed E-state index contributed by atoms with van der Waals surface area (Å²) in [5.41, 5.74) is 0.704. The Balaban J connectivity index is 1.98. The Labute approximate surface area is 134 Å². The van der Waals surface area contributed by atoms with Crippen LogP contribution in [0.5, 0.6) is 0 Å². The van der Waals surface area contributed by atoms with Crippen molar-refractivity contribution in [1.29, 1.82) is 0 Å². The first-order chi connectivity index (χ1) is 11.0. The van der Waals surface area contributed by atoms with Gasteiger partial charge in [0.05, 0.1) is 12.5 Å². The molecule has 0 bridgehead atoms. The van der Waals surface area contributed by atoms with Gasteiger partial charge >= 0.3 is 5.97 Å². The molecule has 2 rings (SSSR count).